The standard InChI is InChI=1S/C13H18N2O/c1-9-3-2-4-10(5-9)11-6-12(13(14)16)8-15-7-11/h2-5,11-12,15H,6-8H2,1H3,(H2,14,16)/t11-,12-/m0/s1. The zero-order valence-electron chi connectivity index (χ0n) is 9.57. The van der Waals surface area contributed by atoms with E-state index in [1.807, 2.05) is 0 Å². The summed E-state index contributed by atoms with van der Waals surface area (Å²) in [5.41, 5.74) is 7.93. The molecule has 3 heteroatoms. The summed E-state index contributed by atoms with van der Waals surface area (Å²) in [7, 11) is 0. The van der Waals surface area contributed by atoms with Crippen LogP contribution in [0, 0.1) is 12.8 Å². The van der Waals surface area contributed by atoms with Crippen LogP contribution in [0.5, 0.6) is 0 Å². The van der Waals surface area contributed by atoms with Crippen LogP contribution in [0.2, 0.25) is 0 Å². The van der Waals surface area contributed by atoms with Crippen LogP contribution in [-0.2, 0) is 4.79 Å². The maximum Gasteiger partial charge on any atom is 0.221 e. The third-order valence-corrected chi connectivity index (χ3v) is 3.27. The van der Waals surface area contributed by atoms with Crippen molar-refractivity contribution >= 4 is 5.91 Å². The number of nitrogens with one attached hydrogen (secondary N) is 1. The van der Waals surface area contributed by atoms with Gasteiger partial charge in [-0.05, 0) is 24.8 Å². The van der Waals surface area contributed by atoms with Gasteiger partial charge in [-0.25, -0.2) is 0 Å². The first kappa shape index (κ1) is 11.1. The quantitative estimate of drug-likeness (QED) is 0.783. The molecule has 3 N–H and O–H groups in total. The van der Waals surface area contributed by atoms with Crippen molar-refractivity contribution in [1.29, 1.82) is 0 Å². The summed E-state index contributed by atoms with van der Waals surface area (Å²) < 4.78 is 0. The van der Waals surface area contributed by atoms with E-state index in [0.29, 0.717) is 5.92 Å². The third kappa shape index (κ3) is 2.42. The van der Waals surface area contributed by atoms with E-state index in [-0.39, 0.29) is 11.8 Å². The Labute approximate surface area is 96.0 Å². The van der Waals surface area contributed by atoms with Crippen LogP contribution in [-0.4, -0.2) is 19.0 Å². The van der Waals surface area contributed by atoms with Crippen LogP contribution in [0.4, 0.5) is 0 Å². The van der Waals surface area contributed by atoms with E-state index in [0.717, 1.165) is 19.5 Å². The highest BCUT2D eigenvalue weighted by Crippen LogP contribution is 2.26. The van der Waals surface area contributed by atoms with Crippen molar-refractivity contribution in [2.24, 2.45) is 11.7 Å². The van der Waals surface area contributed by atoms with Crippen LogP contribution < -0.4 is 11.1 Å². The zero-order valence-corrected chi connectivity index (χ0v) is 9.57. The molecule has 0 aromatic heterocycles. The van der Waals surface area contributed by atoms with E-state index < -0.39 is 0 Å². The van der Waals surface area contributed by atoms with E-state index in [2.05, 4.69) is 36.5 Å². The lowest BCUT2D eigenvalue weighted by atomic mass is 9.85. The number of hydrogen-bond acceptors (Lipinski definition) is 2. The van der Waals surface area contributed by atoms with Gasteiger partial charge in [0, 0.05) is 13.1 Å². The smallest absolute Gasteiger partial charge is 0.221 e. The molecule has 1 heterocycles. The molecular formula is C13H18N2O. The Morgan fingerprint density at radius 3 is 2.94 bits per heavy atom. The van der Waals surface area contributed by atoms with Gasteiger partial charge in [-0.3, -0.25) is 4.79 Å². The Kier molecular flexibility index (Phi) is 3.25. The Bertz CT molecular complexity index is 389. The Hall–Kier alpha value is -1.35. The minimum absolute atomic E-state index is 0.0285. The first-order valence-corrected chi connectivity index (χ1v) is 5.73. The van der Waals surface area contributed by atoms with Crippen molar-refractivity contribution in [2.45, 2.75) is 19.3 Å². The second kappa shape index (κ2) is 4.66. The van der Waals surface area contributed by atoms with E-state index in [9.17, 15) is 4.79 Å². The molecule has 1 aromatic carbocycles. The monoisotopic (exact) mass is 218 g/mol. The molecule has 2 rings (SSSR count). The molecular weight excluding hydrogens is 200 g/mol. The van der Waals surface area contributed by atoms with Gasteiger partial charge in [0.15, 0.2) is 0 Å². The summed E-state index contributed by atoms with van der Waals surface area (Å²) in [4.78, 5) is 11.2. The topological polar surface area (TPSA) is 55.1 Å². The van der Waals surface area contributed by atoms with Gasteiger partial charge in [0.2, 0.25) is 5.91 Å². The van der Waals surface area contributed by atoms with E-state index in [4.69, 9.17) is 5.73 Å². The van der Waals surface area contributed by atoms with Crippen molar-refractivity contribution in [1.82, 2.24) is 5.32 Å². The number of piperidine rings is 1. The number of amides is 1. The fourth-order valence-corrected chi connectivity index (χ4v) is 2.34. The number of hydrogen-bond donors (Lipinski definition) is 2. The second-order valence-electron chi connectivity index (χ2n) is 4.60. The molecule has 3 nitrogen and oxygen atoms in total. The van der Waals surface area contributed by atoms with Gasteiger partial charge >= 0.3 is 0 Å². The maximum atomic E-state index is 11.2. The lowest BCUT2D eigenvalue weighted by Crippen LogP contribution is -2.41. The largest absolute Gasteiger partial charge is 0.369 e. The lowest BCUT2D eigenvalue weighted by molar-refractivity contribution is -0.122. The molecule has 1 amide bonds. The predicted octanol–water partition coefficient (Wildman–Crippen LogP) is 1.17. The summed E-state index contributed by atoms with van der Waals surface area (Å²) >= 11 is 0. The van der Waals surface area contributed by atoms with Gasteiger partial charge in [0.25, 0.3) is 0 Å². The number of benzene rings is 1. The number of primary amides is 1. The molecule has 1 aliphatic heterocycles. The zero-order chi connectivity index (χ0) is 11.5. The van der Waals surface area contributed by atoms with Gasteiger partial charge < -0.3 is 11.1 Å². The minimum Gasteiger partial charge on any atom is -0.369 e. The van der Waals surface area contributed by atoms with Gasteiger partial charge in [-0.1, -0.05) is 29.8 Å². The average Bonchev–Trinajstić information content (AvgIpc) is 2.29. The molecule has 0 spiro atoms. The lowest BCUT2D eigenvalue weighted by Gasteiger charge is -2.28. The van der Waals surface area contributed by atoms with Crippen LogP contribution in [0.15, 0.2) is 24.3 Å². The number of carbonyl (C=O) groups is 1. The van der Waals surface area contributed by atoms with Crippen LogP contribution in [0.1, 0.15) is 23.5 Å². The predicted molar refractivity (Wildman–Crippen MR) is 64.1 cm³/mol. The molecule has 1 fully saturated rings. The van der Waals surface area contributed by atoms with Crippen LogP contribution >= 0.6 is 0 Å². The first-order valence-electron chi connectivity index (χ1n) is 5.73. The van der Waals surface area contributed by atoms with Crippen molar-refractivity contribution in [3.8, 4) is 0 Å². The highest BCUT2D eigenvalue weighted by molar-refractivity contribution is 5.77. The fraction of sp³-hybridized carbons (Fsp3) is 0.462. The molecule has 1 saturated heterocycles. The Balaban J connectivity index is 2.12. The molecule has 86 valence electrons. The summed E-state index contributed by atoms with van der Waals surface area (Å²) in [5.74, 6) is 0.190. The Morgan fingerprint density at radius 2 is 2.25 bits per heavy atom. The van der Waals surface area contributed by atoms with E-state index in [1.54, 1.807) is 0 Å². The highest BCUT2D eigenvalue weighted by Gasteiger charge is 2.26. The van der Waals surface area contributed by atoms with Gasteiger partial charge in [0.1, 0.15) is 0 Å². The summed E-state index contributed by atoms with van der Waals surface area (Å²) in [6.45, 7) is 3.75. The normalized spacial score (nSPS) is 25.3. The number of aryl methyl sites for hydroxylation is 1. The molecule has 1 aromatic rings. The van der Waals surface area contributed by atoms with Crippen LogP contribution in [0.3, 0.4) is 0 Å². The van der Waals surface area contributed by atoms with Crippen LogP contribution in [0.25, 0.3) is 0 Å². The molecule has 16 heavy (non-hydrogen) atoms. The summed E-state index contributed by atoms with van der Waals surface area (Å²) in [5, 5.41) is 3.28. The average molecular weight is 218 g/mol. The van der Waals surface area contributed by atoms with Crippen molar-refractivity contribution in [2.75, 3.05) is 13.1 Å². The molecule has 0 aliphatic carbocycles. The molecule has 0 saturated carbocycles. The summed E-state index contributed by atoms with van der Waals surface area (Å²) in [6, 6.07) is 8.47. The maximum absolute atomic E-state index is 11.2. The molecule has 0 unspecified atom stereocenters. The van der Waals surface area contributed by atoms with Gasteiger partial charge in [0.05, 0.1) is 5.92 Å². The third-order valence-electron chi connectivity index (χ3n) is 3.27. The van der Waals surface area contributed by atoms with Crippen molar-refractivity contribution in [3.63, 3.8) is 0 Å². The highest BCUT2D eigenvalue weighted by atomic mass is 16.1. The molecule has 1 aliphatic rings. The number of nitrogens with two attached hydrogens (primary N) is 1. The van der Waals surface area contributed by atoms with Crippen molar-refractivity contribution < 1.29 is 4.79 Å². The SMILES string of the molecule is Cc1cccc([C@@H]2CNC[C@@H](C(N)=O)C2)c1. The van der Waals surface area contributed by atoms with E-state index >= 15 is 0 Å². The first-order chi connectivity index (χ1) is 7.66. The molecule has 0 radical (unpaired) electrons. The van der Waals surface area contributed by atoms with Gasteiger partial charge in [-0.2, -0.15) is 0 Å². The molecule has 2 atom stereocenters. The number of carbonyl (C=O) groups excluding carboxylic acids is 1. The Morgan fingerprint density at radius 1 is 1.44 bits per heavy atom. The number of rotatable bonds is 2. The molecule has 0 bridgehead atoms. The second-order valence-corrected chi connectivity index (χ2v) is 4.60. The minimum atomic E-state index is -0.190. The van der Waals surface area contributed by atoms with E-state index in [1.165, 1.54) is 11.1 Å². The van der Waals surface area contributed by atoms with Crippen molar-refractivity contribution in [3.05, 3.63) is 35.4 Å². The summed E-state index contributed by atoms with van der Waals surface area (Å²) in [6.07, 6.45) is 0.867. The van der Waals surface area contributed by atoms with Gasteiger partial charge in [-0.15, -0.1) is 0 Å². The fourth-order valence-electron chi connectivity index (χ4n) is 2.34.